The van der Waals surface area contributed by atoms with Gasteiger partial charge in [-0.3, -0.25) is 4.79 Å². The smallest absolute Gasteiger partial charge is 0.273 e. The molecule has 0 fully saturated rings. The first-order valence-corrected chi connectivity index (χ1v) is 8.07. The SMILES string of the molecule is CC(C)(C)c1nc(C(=O)N2CCn3c(Cl)cnc3C2)cs1. The summed E-state index contributed by atoms with van der Waals surface area (Å²) in [5.41, 5.74) is 0.491. The largest absolute Gasteiger partial charge is 0.328 e. The number of hydrogen-bond donors (Lipinski definition) is 0. The van der Waals surface area contributed by atoms with Crippen LogP contribution in [0.2, 0.25) is 5.15 Å². The highest BCUT2D eigenvalue weighted by Gasteiger charge is 2.27. The topological polar surface area (TPSA) is 51.0 Å². The van der Waals surface area contributed by atoms with Gasteiger partial charge in [0.1, 0.15) is 16.7 Å². The Balaban J connectivity index is 1.79. The highest BCUT2D eigenvalue weighted by Crippen LogP contribution is 2.26. The molecule has 5 nitrogen and oxygen atoms in total. The van der Waals surface area contributed by atoms with E-state index in [0.717, 1.165) is 10.8 Å². The monoisotopic (exact) mass is 324 g/mol. The van der Waals surface area contributed by atoms with Gasteiger partial charge in [0.15, 0.2) is 0 Å². The van der Waals surface area contributed by atoms with Crippen LogP contribution in [0.1, 0.15) is 42.1 Å². The van der Waals surface area contributed by atoms with Gasteiger partial charge in [-0.05, 0) is 0 Å². The Morgan fingerprint density at radius 2 is 2.14 bits per heavy atom. The number of rotatable bonds is 1. The van der Waals surface area contributed by atoms with E-state index in [1.165, 1.54) is 11.3 Å². The van der Waals surface area contributed by atoms with Crippen LogP contribution >= 0.6 is 22.9 Å². The molecule has 0 saturated carbocycles. The van der Waals surface area contributed by atoms with Crippen molar-refractivity contribution in [3.63, 3.8) is 0 Å². The van der Waals surface area contributed by atoms with Gasteiger partial charge >= 0.3 is 0 Å². The van der Waals surface area contributed by atoms with Crippen LogP contribution in [0, 0.1) is 0 Å². The molecule has 1 amide bonds. The lowest BCUT2D eigenvalue weighted by Crippen LogP contribution is -2.38. The second kappa shape index (κ2) is 5.10. The summed E-state index contributed by atoms with van der Waals surface area (Å²) < 4.78 is 1.94. The molecule has 2 aromatic rings. The van der Waals surface area contributed by atoms with Gasteiger partial charge in [-0.15, -0.1) is 11.3 Å². The van der Waals surface area contributed by atoms with Crippen molar-refractivity contribution in [3.05, 3.63) is 33.3 Å². The maximum atomic E-state index is 12.6. The second-order valence-corrected chi connectivity index (χ2v) is 7.41. The number of hydrogen-bond acceptors (Lipinski definition) is 4. The average molecular weight is 325 g/mol. The van der Waals surface area contributed by atoms with E-state index in [2.05, 4.69) is 30.7 Å². The Morgan fingerprint density at radius 3 is 2.81 bits per heavy atom. The zero-order chi connectivity index (χ0) is 15.2. The van der Waals surface area contributed by atoms with Crippen molar-refractivity contribution in [2.75, 3.05) is 6.54 Å². The normalized spacial score (nSPS) is 15.1. The Kier molecular flexibility index (Phi) is 3.53. The van der Waals surface area contributed by atoms with Gasteiger partial charge in [0, 0.05) is 23.9 Å². The highest BCUT2D eigenvalue weighted by molar-refractivity contribution is 7.10. The van der Waals surface area contributed by atoms with E-state index >= 15 is 0 Å². The summed E-state index contributed by atoms with van der Waals surface area (Å²) in [7, 11) is 0. The molecule has 0 atom stereocenters. The molecule has 1 aliphatic rings. The molecule has 0 bridgehead atoms. The molecular formula is C14H17ClN4OS. The Morgan fingerprint density at radius 1 is 1.38 bits per heavy atom. The number of halogens is 1. The van der Waals surface area contributed by atoms with Crippen molar-refractivity contribution >= 4 is 28.8 Å². The Hall–Kier alpha value is -1.40. The van der Waals surface area contributed by atoms with Crippen LogP contribution in [0.3, 0.4) is 0 Å². The van der Waals surface area contributed by atoms with Crippen molar-refractivity contribution in [1.29, 1.82) is 0 Å². The van der Waals surface area contributed by atoms with Crippen LogP contribution in [0.5, 0.6) is 0 Å². The van der Waals surface area contributed by atoms with E-state index in [1.807, 2.05) is 9.95 Å². The van der Waals surface area contributed by atoms with Crippen LogP contribution in [-0.4, -0.2) is 31.9 Å². The third-order valence-electron chi connectivity index (χ3n) is 3.47. The van der Waals surface area contributed by atoms with Crippen LogP contribution in [0.25, 0.3) is 0 Å². The van der Waals surface area contributed by atoms with Crippen molar-refractivity contribution < 1.29 is 4.79 Å². The van der Waals surface area contributed by atoms with Crippen LogP contribution in [-0.2, 0) is 18.5 Å². The molecule has 1 aliphatic heterocycles. The molecule has 2 aromatic heterocycles. The zero-order valence-corrected chi connectivity index (χ0v) is 13.8. The molecule has 21 heavy (non-hydrogen) atoms. The molecule has 3 heterocycles. The number of carbonyl (C=O) groups is 1. The van der Waals surface area contributed by atoms with Crippen LogP contribution in [0.15, 0.2) is 11.6 Å². The summed E-state index contributed by atoms with van der Waals surface area (Å²) in [4.78, 5) is 23.1. The van der Waals surface area contributed by atoms with E-state index in [0.29, 0.717) is 30.5 Å². The predicted molar refractivity (Wildman–Crippen MR) is 82.8 cm³/mol. The first kappa shape index (κ1) is 14.5. The quantitative estimate of drug-likeness (QED) is 0.810. The first-order valence-electron chi connectivity index (χ1n) is 6.81. The molecular weight excluding hydrogens is 308 g/mol. The number of fused-ring (bicyclic) bond motifs is 1. The number of carbonyl (C=O) groups excluding carboxylic acids is 1. The predicted octanol–water partition coefficient (Wildman–Crippen LogP) is 2.95. The van der Waals surface area contributed by atoms with E-state index < -0.39 is 0 Å². The first-order chi connectivity index (χ1) is 9.86. The summed E-state index contributed by atoms with van der Waals surface area (Å²) in [6.07, 6.45) is 1.63. The Bertz CT molecular complexity index is 685. The minimum Gasteiger partial charge on any atom is -0.328 e. The van der Waals surface area contributed by atoms with Gasteiger partial charge < -0.3 is 9.47 Å². The fraction of sp³-hybridized carbons (Fsp3) is 0.500. The third-order valence-corrected chi connectivity index (χ3v) is 5.04. The minimum atomic E-state index is -0.0351. The van der Waals surface area contributed by atoms with Crippen molar-refractivity contribution in [2.45, 2.75) is 39.3 Å². The number of aromatic nitrogens is 3. The van der Waals surface area contributed by atoms with Gasteiger partial charge in [0.25, 0.3) is 5.91 Å². The summed E-state index contributed by atoms with van der Waals surface area (Å²) >= 11 is 7.58. The van der Waals surface area contributed by atoms with Crippen LogP contribution in [0.4, 0.5) is 0 Å². The molecule has 0 aliphatic carbocycles. The fourth-order valence-corrected chi connectivity index (χ4v) is 3.39. The van der Waals surface area contributed by atoms with Gasteiger partial charge in [0.05, 0.1) is 17.7 Å². The average Bonchev–Trinajstić information content (AvgIpc) is 3.05. The summed E-state index contributed by atoms with van der Waals surface area (Å²) in [5, 5.41) is 3.45. The molecule has 0 radical (unpaired) electrons. The van der Waals surface area contributed by atoms with Crippen LogP contribution < -0.4 is 0 Å². The van der Waals surface area contributed by atoms with E-state index in [4.69, 9.17) is 11.6 Å². The fourth-order valence-electron chi connectivity index (χ4n) is 2.27. The molecule has 0 unspecified atom stereocenters. The third kappa shape index (κ3) is 2.70. The molecule has 3 rings (SSSR count). The van der Waals surface area contributed by atoms with Gasteiger partial charge in [-0.1, -0.05) is 32.4 Å². The molecule has 0 N–H and O–H groups in total. The number of imidazole rings is 1. The standard InChI is InChI=1S/C14H17ClN4OS/c1-14(2,3)13-17-9(8-21-13)12(20)18-4-5-19-10(15)6-16-11(19)7-18/h6,8H,4-5,7H2,1-3H3. The van der Waals surface area contributed by atoms with E-state index in [9.17, 15) is 4.79 Å². The second-order valence-electron chi connectivity index (χ2n) is 6.16. The zero-order valence-electron chi connectivity index (χ0n) is 12.3. The number of thiazole rings is 1. The Labute approximate surface area is 132 Å². The van der Waals surface area contributed by atoms with Gasteiger partial charge in [0.2, 0.25) is 0 Å². The summed E-state index contributed by atoms with van der Waals surface area (Å²) in [6.45, 7) is 8.08. The summed E-state index contributed by atoms with van der Waals surface area (Å²) in [5.74, 6) is 0.790. The number of nitrogens with zero attached hydrogens (tertiary/aromatic N) is 4. The molecule has 112 valence electrons. The lowest BCUT2D eigenvalue weighted by atomic mass is 9.98. The molecule has 0 aromatic carbocycles. The maximum Gasteiger partial charge on any atom is 0.273 e. The lowest BCUT2D eigenvalue weighted by Gasteiger charge is -2.27. The van der Waals surface area contributed by atoms with E-state index in [-0.39, 0.29) is 11.3 Å². The maximum absolute atomic E-state index is 12.6. The van der Waals surface area contributed by atoms with E-state index in [1.54, 1.807) is 11.1 Å². The highest BCUT2D eigenvalue weighted by atomic mass is 35.5. The molecule has 0 spiro atoms. The number of amides is 1. The van der Waals surface area contributed by atoms with Crippen molar-refractivity contribution in [3.8, 4) is 0 Å². The summed E-state index contributed by atoms with van der Waals surface area (Å²) in [6, 6.07) is 0. The molecule has 0 saturated heterocycles. The lowest BCUT2D eigenvalue weighted by molar-refractivity contribution is 0.0702. The minimum absolute atomic E-state index is 0.0329. The van der Waals surface area contributed by atoms with Gasteiger partial charge in [-0.25, -0.2) is 9.97 Å². The molecule has 7 heteroatoms. The van der Waals surface area contributed by atoms with Crippen molar-refractivity contribution in [2.24, 2.45) is 0 Å². The van der Waals surface area contributed by atoms with Gasteiger partial charge in [-0.2, -0.15) is 0 Å². The van der Waals surface area contributed by atoms with Crippen molar-refractivity contribution in [1.82, 2.24) is 19.4 Å².